The van der Waals surface area contributed by atoms with Gasteiger partial charge in [-0.1, -0.05) is 19.1 Å². The lowest BCUT2D eigenvalue weighted by molar-refractivity contribution is 0.128. The molecule has 0 aromatic heterocycles. The highest BCUT2D eigenvalue weighted by Crippen LogP contribution is 2.41. The van der Waals surface area contributed by atoms with E-state index in [4.69, 9.17) is 14.6 Å². The second-order valence-corrected chi connectivity index (χ2v) is 8.08. The molecule has 0 spiro atoms. The summed E-state index contributed by atoms with van der Waals surface area (Å²) in [6.07, 6.45) is -0.0419. The predicted octanol–water partition coefficient (Wildman–Crippen LogP) is 1.87. The van der Waals surface area contributed by atoms with Crippen LogP contribution in [0.15, 0.2) is 18.2 Å². The van der Waals surface area contributed by atoms with Gasteiger partial charge in [0.25, 0.3) is 0 Å². The summed E-state index contributed by atoms with van der Waals surface area (Å²) in [5.41, 5.74) is 0.449. The molecule has 10 heteroatoms. The van der Waals surface area contributed by atoms with E-state index < -0.39 is 27.9 Å². The summed E-state index contributed by atoms with van der Waals surface area (Å²) in [5.74, 6) is 0.596. The maximum atomic E-state index is 12.3. The molecular formula is C16H23N3O6S. The van der Waals surface area contributed by atoms with Crippen LogP contribution >= 0.6 is 0 Å². The van der Waals surface area contributed by atoms with Crippen molar-refractivity contribution < 1.29 is 27.5 Å². The fourth-order valence-electron chi connectivity index (χ4n) is 2.61. The number of para-hydroxylation sites is 1. The molecule has 2 N–H and O–H groups in total. The molecule has 3 amide bonds. The number of amides is 3. The second-order valence-electron chi connectivity index (χ2n) is 6.61. The first-order valence-corrected chi connectivity index (χ1v) is 9.57. The Hall–Kier alpha value is -2.33. The highest BCUT2D eigenvalue weighted by Gasteiger charge is 2.34. The van der Waals surface area contributed by atoms with Crippen molar-refractivity contribution in [2.75, 3.05) is 13.6 Å². The summed E-state index contributed by atoms with van der Waals surface area (Å²) < 4.78 is 34.6. The molecule has 1 aliphatic heterocycles. The van der Waals surface area contributed by atoms with Crippen LogP contribution in [-0.2, 0) is 16.6 Å². The lowest BCUT2D eigenvalue weighted by Crippen LogP contribution is -2.50. The number of hydrogen-bond acceptors (Lipinski definition) is 6. The van der Waals surface area contributed by atoms with E-state index in [-0.39, 0.29) is 12.3 Å². The van der Waals surface area contributed by atoms with Crippen molar-refractivity contribution in [3.63, 3.8) is 0 Å². The van der Waals surface area contributed by atoms with Gasteiger partial charge in [0.15, 0.2) is 11.5 Å². The molecule has 0 saturated heterocycles. The highest BCUT2D eigenvalue weighted by molar-refractivity contribution is 7.87. The molecule has 0 aliphatic carbocycles. The Morgan fingerprint density at radius 1 is 1.35 bits per heavy atom. The first kappa shape index (κ1) is 20.0. The van der Waals surface area contributed by atoms with Gasteiger partial charge in [0.2, 0.25) is 0 Å². The molecular weight excluding hydrogens is 362 g/mol. The maximum absolute atomic E-state index is 12.3. The van der Waals surface area contributed by atoms with Crippen LogP contribution < -0.4 is 14.6 Å². The molecule has 1 aromatic rings. The van der Waals surface area contributed by atoms with Gasteiger partial charge in [-0.15, -0.1) is 0 Å². The molecule has 144 valence electrons. The van der Waals surface area contributed by atoms with Crippen molar-refractivity contribution in [2.24, 2.45) is 5.14 Å². The summed E-state index contributed by atoms with van der Waals surface area (Å²) in [4.78, 5) is 25.2. The molecule has 9 nitrogen and oxygen atoms in total. The van der Waals surface area contributed by atoms with Crippen molar-refractivity contribution in [1.29, 1.82) is 0 Å². The van der Waals surface area contributed by atoms with Crippen molar-refractivity contribution in [2.45, 2.75) is 39.2 Å². The second kappa shape index (κ2) is 7.12. The fourth-order valence-corrected chi connectivity index (χ4v) is 3.39. The fraction of sp³-hybridized carbons (Fsp3) is 0.500. The molecule has 0 bridgehead atoms. The molecule has 1 aromatic carbocycles. The zero-order chi connectivity index (χ0) is 19.7. The summed E-state index contributed by atoms with van der Waals surface area (Å²) in [5, 5.41) is 5.04. The summed E-state index contributed by atoms with van der Waals surface area (Å²) in [7, 11) is -3.18. The van der Waals surface area contributed by atoms with Crippen LogP contribution in [0.4, 0.5) is 9.59 Å². The average Bonchev–Trinajstić information content (AvgIpc) is 2.85. The third-order valence-corrected chi connectivity index (χ3v) is 4.71. The number of rotatable bonds is 4. The van der Waals surface area contributed by atoms with Crippen molar-refractivity contribution >= 4 is 22.3 Å². The standard InChI is InChI=1S/C16H23N3O6S/c1-5-9-19(26(17,22)23)14(20)18(4)15(21)24-12-8-6-7-11-10-16(2,3)25-13(11)12/h6-8H,5,9-10H2,1-4H3,(H2,17,22,23). The lowest BCUT2D eigenvalue weighted by Gasteiger charge is -2.24. The largest absolute Gasteiger partial charge is 0.483 e. The molecule has 0 unspecified atom stereocenters. The van der Waals surface area contributed by atoms with Gasteiger partial charge in [-0.2, -0.15) is 8.42 Å². The van der Waals surface area contributed by atoms with Crippen LogP contribution in [0.2, 0.25) is 0 Å². The number of hydrogen-bond donors (Lipinski definition) is 1. The number of imide groups is 1. The number of urea groups is 1. The number of nitrogens with two attached hydrogens (primary N) is 1. The Balaban J connectivity index is 2.18. The molecule has 26 heavy (non-hydrogen) atoms. The van der Waals surface area contributed by atoms with E-state index >= 15 is 0 Å². The maximum Gasteiger partial charge on any atom is 0.423 e. The average molecular weight is 385 g/mol. The number of nitrogens with zero attached hydrogens (tertiary/aromatic N) is 2. The topological polar surface area (TPSA) is 119 Å². The van der Waals surface area contributed by atoms with Gasteiger partial charge in [-0.05, 0) is 26.3 Å². The van der Waals surface area contributed by atoms with Gasteiger partial charge in [0, 0.05) is 25.6 Å². The number of carbonyl (C=O) groups excluding carboxylic acids is 2. The number of ether oxygens (including phenoxy) is 2. The molecule has 1 aliphatic rings. The minimum Gasteiger partial charge on any atom is -0.483 e. The monoisotopic (exact) mass is 385 g/mol. The zero-order valence-electron chi connectivity index (χ0n) is 15.2. The van der Waals surface area contributed by atoms with E-state index in [9.17, 15) is 18.0 Å². The smallest absolute Gasteiger partial charge is 0.423 e. The van der Waals surface area contributed by atoms with Gasteiger partial charge in [0.1, 0.15) is 5.60 Å². The Morgan fingerprint density at radius 3 is 2.58 bits per heavy atom. The van der Waals surface area contributed by atoms with E-state index in [1.165, 1.54) is 0 Å². The SMILES string of the molecule is CCCN(C(=O)N(C)C(=O)Oc1cccc2c1OC(C)(C)C2)S(N)(=O)=O. The van der Waals surface area contributed by atoms with Crippen molar-refractivity contribution in [3.8, 4) is 11.5 Å². The first-order chi connectivity index (χ1) is 12.0. The van der Waals surface area contributed by atoms with Crippen LogP contribution in [0.3, 0.4) is 0 Å². The summed E-state index contributed by atoms with van der Waals surface area (Å²) in [6.45, 7) is 5.34. The van der Waals surface area contributed by atoms with Crippen LogP contribution in [0.25, 0.3) is 0 Å². The van der Waals surface area contributed by atoms with Gasteiger partial charge >= 0.3 is 22.3 Å². The Morgan fingerprint density at radius 2 is 2.00 bits per heavy atom. The quantitative estimate of drug-likeness (QED) is 0.845. The summed E-state index contributed by atoms with van der Waals surface area (Å²) in [6, 6.07) is 4.02. The number of benzene rings is 1. The Kier molecular flexibility index (Phi) is 5.47. The van der Waals surface area contributed by atoms with Gasteiger partial charge < -0.3 is 9.47 Å². The van der Waals surface area contributed by atoms with E-state index in [1.54, 1.807) is 19.1 Å². The normalized spacial score (nSPS) is 15.0. The van der Waals surface area contributed by atoms with E-state index in [0.29, 0.717) is 27.8 Å². The van der Waals surface area contributed by atoms with Gasteiger partial charge in [-0.25, -0.2) is 23.9 Å². The van der Waals surface area contributed by atoms with Crippen LogP contribution in [0.1, 0.15) is 32.8 Å². The molecule has 2 rings (SSSR count). The molecule has 0 fully saturated rings. The van der Waals surface area contributed by atoms with Crippen LogP contribution in [0, 0.1) is 0 Å². The minimum absolute atomic E-state index is 0.146. The number of fused-ring (bicyclic) bond motifs is 1. The van der Waals surface area contributed by atoms with Crippen molar-refractivity contribution in [1.82, 2.24) is 9.21 Å². The predicted molar refractivity (Wildman–Crippen MR) is 94.1 cm³/mol. The molecule has 0 atom stereocenters. The molecule has 0 radical (unpaired) electrons. The van der Waals surface area contributed by atoms with Crippen LogP contribution in [0.5, 0.6) is 11.5 Å². The van der Waals surface area contributed by atoms with Crippen LogP contribution in [-0.4, -0.2) is 48.9 Å². The van der Waals surface area contributed by atoms with E-state index in [1.807, 2.05) is 19.9 Å². The van der Waals surface area contributed by atoms with Gasteiger partial charge in [-0.3, -0.25) is 0 Å². The highest BCUT2D eigenvalue weighted by atomic mass is 32.2. The molecule has 1 heterocycles. The third-order valence-electron chi connectivity index (χ3n) is 3.76. The Labute approximate surface area is 152 Å². The van der Waals surface area contributed by atoms with Crippen molar-refractivity contribution in [3.05, 3.63) is 23.8 Å². The van der Waals surface area contributed by atoms with E-state index in [2.05, 4.69) is 0 Å². The van der Waals surface area contributed by atoms with Gasteiger partial charge in [0.05, 0.1) is 0 Å². The first-order valence-electron chi connectivity index (χ1n) is 8.07. The van der Waals surface area contributed by atoms with E-state index in [0.717, 1.165) is 12.6 Å². The third kappa shape index (κ3) is 4.25. The molecule has 0 saturated carbocycles. The zero-order valence-corrected chi connectivity index (χ0v) is 16.0. The Bertz CT molecular complexity index is 821. The summed E-state index contributed by atoms with van der Waals surface area (Å²) >= 11 is 0. The number of carbonyl (C=O) groups is 2. The minimum atomic E-state index is -4.29. The lowest BCUT2D eigenvalue weighted by atomic mass is 10.0.